The molecule has 15 heavy (non-hydrogen) atoms. The quantitative estimate of drug-likeness (QED) is 0.682. The van der Waals surface area contributed by atoms with Crippen LogP contribution >= 0.6 is 0 Å². The van der Waals surface area contributed by atoms with Crippen LogP contribution in [-0.4, -0.2) is 5.78 Å². The molecule has 1 aliphatic rings. The molecule has 0 radical (unpaired) electrons. The van der Waals surface area contributed by atoms with Crippen molar-refractivity contribution in [1.82, 2.24) is 0 Å². The Morgan fingerprint density at radius 2 is 2.07 bits per heavy atom. The van der Waals surface area contributed by atoms with Gasteiger partial charge in [-0.05, 0) is 18.9 Å². The lowest BCUT2D eigenvalue weighted by atomic mass is 9.96. The summed E-state index contributed by atoms with van der Waals surface area (Å²) < 4.78 is 0. The van der Waals surface area contributed by atoms with Crippen LogP contribution in [0.3, 0.4) is 0 Å². The zero-order valence-corrected chi connectivity index (χ0v) is 9.33. The van der Waals surface area contributed by atoms with Crippen molar-refractivity contribution in [1.29, 1.82) is 0 Å². The Kier molecular flexibility index (Phi) is 3.20. The molecule has 1 fully saturated rings. The summed E-state index contributed by atoms with van der Waals surface area (Å²) >= 11 is 0. The van der Waals surface area contributed by atoms with Crippen molar-refractivity contribution in [2.75, 3.05) is 0 Å². The van der Waals surface area contributed by atoms with Gasteiger partial charge < -0.3 is 0 Å². The van der Waals surface area contributed by atoms with Gasteiger partial charge in [0.25, 0.3) is 0 Å². The Morgan fingerprint density at radius 1 is 1.33 bits per heavy atom. The highest BCUT2D eigenvalue weighted by Gasteiger charge is 2.19. The van der Waals surface area contributed by atoms with E-state index < -0.39 is 0 Å². The van der Waals surface area contributed by atoms with Crippen LogP contribution in [0, 0.1) is 12.8 Å². The van der Waals surface area contributed by atoms with Crippen molar-refractivity contribution in [3.63, 3.8) is 0 Å². The van der Waals surface area contributed by atoms with Crippen LogP contribution in [0.5, 0.6) is 0 Å². The van der Waals surface area contributed by atoms with Crippen molar-refractivity contribution in [2.45, 2.75) is 39.0 Å². The summed E-state index contributed by atoms with van der Waals surface area (Å²) in [5, 5.41) is 0. The maximum atomic E-state index is 12.0. The lowest BCUT2D eigenvalue weighted by molar-refractivity contribution is 0.0962. The molecule has 1 saturated carbocycles. The zero-order valence-electron chi connectivity index (χ0n) is 9.33. The summed E-state index contributed by atoms with van der Waals surface area (Å²) in [6, 6.07) is 7.94. The molecule has 0 bridgehead atoms. The maximum absolute atomic E-state index is 12.0. The molecule has 0 amide bonds. The van der Waals surface area contributed by atoms with Gasteiger partial charge in [0.1, 0.15) is 0 Å². The summed E-state index contributed by atoms with van der Waals surface area (Å²) in [5.74, 6) is 0.976. The van der Waals surface area contributed by atoms with Crippen LogP contribution in [0.1, 0.15) is 48.0 Å². The Balaban J connectivity index is 2.01. The maximum Gasteiger partial charge on any atom is 0.163 e. The largest absolute Gasteiger partial charge is 0.294 e. The van der Waals surface area contributed by atoms with Gasteiger partial charge in [0.2, 0.25) is 0 Å². The number of rotatable bonds is 3. The minimum absolute atomic E-state index is 0.325. The van der Waals surface area contributed by atoms with Crippen molar-refractivity contribution in [3.05, 3.63) is 35.4 Å². The third kappa shape index (κ3) is 2.68. The zero-order chi connectivity index (χ0) is 10.7. The molecular weight excluding hydrogens is 184 g/mol. The second-order valence-corrected chi connectivity index (χ2v) is 4.65. The van der Waals surface area contributed by atoms with E-state index >= 15 is 0 Å². The van der Waals surface area contributed by atoms with E-state index in [1.807, 2.05) is 31.2 Å². The average molecular weight is 202 g/mol. The summed E-state index contributed by atoms with van der Waals surface area (Å²) in [5.41, 5.74) is 2.06. The van der Waals surface area contributed by atoms with Crippen LogP contribution < -0.4 is 0 Å². The second kappa shape index (κ2) is 4.61. The van der Waals surface area contributed by atoms with Gasteiger partial charge in [-0.2, -0.15) is 0 Å². The van der Waals surface area contributed by atoms with E-state index in [0.29, 0.717) is 11.7 Å². The second-order valence-electron chi connectivity index (χ2n) is 4.65. The van der Waals surface area contributed by atoms with E-state index in [2.05, 4.69) is 0 Å². The SMILES string of the molecule is Cc1cccc(C(=O)CC2CCCC2)c1. The number of Topliss-reactive ketones (excluding diaryl/α,β-unsaturated/α-hetero) is 1. The van der Waals surface area contributed by atoms with E-state index in [-0.39, 0.29) is 0 Å². The van der Waals surface area contributed by atoms with E-state index in [4.69, 9.17) is 0 Å². The Hall–Kier alpha value is -1.11. The molecule has 1 aromatic carbocycles. The molecule has 1 aromatic rings. The van der Waals surface area contributed by atoms with Crippen LogP contribution in [0.25, 0.3) is 0 Å². The van der Waals surface area contributed by atoms with Crippen LogP contribution in [0.4, 0.5) is 0 Å². The molecule has 0 saturated heterocycles. The van der Waals surface area contributed by atoms with Gasteiger partial charge in [0, 0.05) is 12.0 Å². The molecule has 1 heteroatoms. The first-order valence-electron chi connectivity index (χ1n) is 5.85. The molecule has 0 unspecified atom stereocenters. The highest BCUT2D eigenvalue weighted by atomic mass is 16.1. The van der Waals surface area contributed by atoms with Crippen LogP contribution in [0.15, 0.2) is 24.3 Å². The molecule has 0 spiro atoms. The highest BCUT2D eigenvalue weighted by molar-refractivity contribution is 5.96. The summed E-state index contributed by atoms with van der Waals surface area (Å²) in [4.78, 5) is 12.0. The molecule has 0 heterocycles. The minimum atomic E-state index is 0.325. The van der Waals surface area contributed by atoms with Gasteiger partial charge >= 0.3 is 0 Å². The fourth-order valence-electron chi connectivity index (χ4n) is 2.41. The number of benzene rings is 1. The Bertz CT molecular complexity index is 348. The summed E-state index contributed by atoms with van der Waals surface area (Å²) in [7, 11) is 0. The lowest BCUT2D eigenvalue weighted by Crippen LogP contribution is -2.05. The molecule has 1 nitrogen and oxygen atoms in total. The first-order valence-corrected chi connectivity index (χ1v) is 5.85. The number of carbonyl (C=O) groups is 1. The van der Waals surface area contributed by atoms with Crippen molar-refractivity contribution in [3.8, 4) is 0 Å². The standard InChI is InChI=1S/C14H18O/c1-11-5-4-8-13(9-11)14(15)10-12-6-2-3-7-12/h4-5,8-9,12H,2-3,6-7,10H2,1H3. The Labute approximate surface area is 91.5 Å². The molecule has 0 atom stereocenters. The predicted molar refractivity (Wildman–Crippen MR) is 62.1 cm³/mol. The molecule has 0 N–H and O–H groups in total. The molecule has 1 aliphatic carbocycles. The first kappa shape index (κ1) is 10.4. The molecular formula is C14H18O. The summed E-state index contributed by atoms with van der Waals surface area (Å²) in [6.45, 7) is 2.03. The monoisotopic (exact) mass is 202 g/mol. The van der Waals surface area contributed by atoms with Gasteiger partial charge in [-0.15, -0.1) is 0 Å². The van der Waals surface area contributed by atoms with Crippen LogP contribution in [-0.2, 0) is 0 Å². The van der Waals surface area contributed by atoms with Gasteiger partial charge in [-0.3, -0.25) is 4.79 Å². The Morgan fingerprint density at radius 3 is 2.73 bits per heavy atom. The highest BCUT2D eigenvalue weighted by Crippen LogP contribution is 2.28. The number of hydrogen-bond acceptors (Lipinski definition) is 1. The van der Waals surface area contributed by atoms with Gasteiger partial charge in [0.15, 0.2) is 5.78 Å². The van der Waals surface area contributed by atoms with Gasteiger partial charge in [-0.1, -0.05) is 49.4 Å². The number of carbonyl (C=O) groups excluding carboxylic acids is 1. The van der Waals surface area contributed by atoms with E-state index in [1.165, 1.54) is 31.2 Å². The van der Waals surface area contributed by atoms with Gasteiger partial charge in [0.05, 0.1) is 0 Å². The number of ketones is 1. The summed E-state index contributed by atoms with van der Waals surface area (Å²) in [6.07, 6.45) is 5.87. The van der Waals surface area contributed by atoms with Crippen molar-refractivity contribution >= 4 is 5.78 Å². The van der Waals surface area contributed by atoms with E-state index in [9.17, 15) is 4.79 Å². The molecule has 0 aromatic heterocycles. The predicted octanol–water partition coefficient (Wildman–Crippen LogP) is 3.76. The van der Waals surface area contributed by atoms with Gasteiger partial charge in [-0.25, -0.2) is 0 Å². The lowest BCUT2D eigenvalue weighted by Gasteiger charge is -2.07. The molecule has 2 rings (SSSR count). The number of aryl methyl sites for hydroxylation is 1. The fraction of sp³-hybridized carbons (Fsp3) is 0.500. The third-order valence-electron chi connectivity index (χ3n) is 3.29. The fourth-order valence-corrected chi connectivity index (χ4v) is 2.41. The van der Waals surface area contributed by atoms with Crippen LogP contribution in [0.2, 0.25) is 0 Å². The van der Waals surface area contributed by atoms with Crippen molar-refractivity contribution in [2.24, 2.45) is 5.92 Å². The smallest absolute Gasteiger partial charge is 0.163 e. The van der Waals surface area contributed by atoms with E-state index in [0.717, 1.165) is 12.0 Å². The third-order valence-corrected chi connectivity index (χ3v) is 3.29. The first-order chi connectivity index (χ1) is 7.25. The average Bonchev–Trinajstić information content (AvgIpc) is 2.70. The minimum Gasteiger partial charge on any atom is -0.294 e. The van der Waals surface area contributed by atoms with Crippen molar-refractivity contribution < 1.29 is 4.79 Å². The molecule has 80 valence electrons. The van der Waals surface area contributed by atoms with E-state index in [1.54, 1.807) is 0 Å². The molecule has 0 aliphatic heterocycles. The topological polar surface area (TPSA) is 17.1 Å². The number of hydrogen-bond donors (Lipinski definition) is 0. The normalized spacial score (nSPS) is 16.9.